The Bertz CT molecular complexity index is 882. The average molecular weight is 401 g/mol. The molecule has 1 atom stereocenters. The van der Waals surface area contributed by atoms with Gasteiger partial charge in [-0.05, 0) is 31.5 Å². The van der Waals surface area contributed by atoms with Crippen LogP contribution >= 0.6 is 11.8 Å². The van der Waals surface area contributed by atoms with Gasteiger partial charge >= 0.3 is 6.03 Å². The number of nitrogens with one attached hydrogen (secondary N) is 1. The molecule has 2 aromatic rings. The summed E-state index contributed by atoms with van der Waals surface area (Å²) in [7, 11) is 0. The van der Waals surface area contributed by atoms with Crippen LogP contribution in [-0.2, 0) is 17.9 Å². The van der Waals surface area contributed by atoms with Crippen LogP contribution in [0.1, 0.15) is 18.3 Å². The molecule has 0 spiro atoms. The molecule has 1 saturated heterocycles. The molecular weight excluding hydrogens is 378 g/mol. The molecule has 0 saturated carbocycles. The second-order valence-electron chi connectivity index (χ2n) is 6.39. The van der Waals surface area contributed by atoms with Crippen molar-refractivity contribution in [1.82, 2.24) is 25.0 Å². The summed E-state index contributed by atoms with van der Waals surface area (Å²) in [5.74, 6) is 1.15. The first-order valence-corrected chi connectivity index (χ1v) is 9.86. The summed E-state index contributed by atoms with van der Waals surface area (Å²) >= 11 is 1.27. The van der Waals surface area contributed by atoms with Gasteiger partial charge in [-0.15, -0.1) is 16.8 Å². The summed E-state index contributed by atoms with van der Waals surface area (Å²) < 4.78 is 7.69. The first-order valence-electron chi connectivity index (χ1n) is 8.98. The maximum atomic E-state index is 12.5. The molecule has 3 rings (SSSR count). The van der Waals surface area contributed by atoms with Crippen molar-refractivity contribution < 1.29 is 14.3 Å². The minimum Gasteiger partial charge on any atom is -0.486 e. The van der Waals surface area contributed by atoms with Crippen molar-refractivity contribution >= 4 is 23.7 Å². The number of aryl methyl sites for hydroxylation is 1. The van der Waals surface area contributed by atoms with Crippen molar-refractivity contribution in [3.63, 3.8) is 0 Å². The number of amides is 3. The Hall–Kier alpha value is -2.81. The van der Waals surface area contributed by atoms with Gasteiger partial charge in [-0.2, -0.15) is 0 Å². The Balaban J connectivity index is 1.70. The van der Waals surface area contributed by atoms with Crippen LogP contribution in [0.5, 0.6) is 5.75 Å². The standard InChI is InChI=1S/C19H23N5O3S/c1-4-9-23-16(12-27-15-7-5-6-13(2)11-15)21-22-19(23)28-14(3)17(25)24-10-8-20-18(24)26/h4-7,11,14H,1,8-10,12H2,2-3H3,(H,20,26)/t14-/m0/s1. The van der Waals surface area contributed by atoms with Crippen molar-refractivity contribution in [2.75, 3.05) is 13.1 Å². The number of allylic oxidation sites excluding steroid dienone is 1. The van der Waals surface area contributed by atoms with Crippen molar-refractivity contribution in [2.45, 2.75) is 37.4 Å². The number of hydrogen-bond donors (Lipinski definition) is 1. The first kappa shape index (κ1) is 19.9. The highest BCUT2D eigenvalue weighted by atomic mass is 32.2. The highest BCUT2D eigenvalue weighted by Gasteiger charge is 2.31. The number of carbonyl (C=O) groups excluding carboxylic acids is 2. The third-order valence-corrected chi connectivity index (χ3v) is 5.28. The highest BCUT2D eigenvalue weighted by molar-refractivity contribution is 8.00. The summed E-state index contributed by atoms with van der Waals surface area (Å²) in [5.41, 5.74) is 1.11. The number of ether oxygens (including phenoxy) is 1. The summed E-state index contributed by atoms with van der Waals surface area (Å²) in [6, 6.07) is 7.42. The minimum absolute atomic E-state index is 0.245. The molecule has 1 fully saturated rings. The zero-order chi connectivity index (χ0) is 20.1. The summed E-state index contributed by atoms with van der Waals surface area (Å²) in [4.78, 5) is 25.5. The summed E-state index contributed by atoms with van der Waals surface area (Å²) in [6.45, 7) is 9.15. The van der Waals surface area contributed by atoms with Gasteiger partial charge < -0.3 is 10.1 Å². The Morgan fingerprint density at radius 2 is 2.29 bits per heavy atom. The van der Waals surface area contributed by atoms with Gasteiger partial charge in [0.15, 0.2) is 11.0 Å². The Kier molecular flexibility index (Phi) is 6.35. The average Bonchev–Trinajstić information content (AvgIpc) is 3.26. The lowest BCUT2D eigenvalue weighted by Gasteiger charge is -2.17. The second kappa shape index (κ2) is 8.92. The Morgan fingerprint density at radius 1 is 1.46 bits per heavy atom. The van der Waals surface area contributed by atoms with E-state index in [9.17, 15) is 9.59 Å². The van der Waals surface area contributed by atoms with E-state index in [2.05, 4.69) is 22.1 Å². The molecule has 0 unspecified atom stereocenters. The predicted molar refractivity (Wildman–Crippen MR) is 106 cm³/mol. The van der Waals surface area contributed by atoms with Crippen LogP contribution in [0.15, 0.2) is 42.1 Å². The van der Waals surface area contributed by atoms with Crippen LogP contribution in [0, 0.1) is 6.92 Å². The van der Waals surface area contributed by atoms with Gasteiger partial charge in [-0.25, -0.2) is 4.79 Å². The zero-order valence-electron chi connectivity index (χ0n) is 15.9. The van der Waals surface area contributed by atoms with Gasteiger partial charge in [0.25, 0.3) is 0 Å². The van der Waals surface area contributed by atoms with Crippen LogP contribution in [0.25, 0.3) is 0 Å². The maximum Gasteiger partial charge on any atom is 0.324 e. The molecule has 0 aliphatic carbocycles. The Morgan fingerprint density at radius 3 is 2.96 bits per heavy atom. The lowest BCUT2D eigenvalue weighted by Crippen LogP contribution is -2.39. The molecule has 1 aliphatic heterocycles. The fourth-order valence-corrected chi connectivity index (χ4v) is 3.73. The van der Waals surface area contributed by atoms with E-state index in [0.29, 0.717) is 30.6 Å². The largest absolute Gasteiger partial charge is 0.486 e. The van der Waals surface area contributed by atoms with Gasteiger partial charge in [0, 0.05) is 19.6 Å². The third kappa shape index (κ3) is 4.53. The molecule has 148 valence electrons. The molecular formula is C19H23N5O3S. The van der Waals surface area contributed by atoms with Crippen LogP contribution < -0.4 is 10.1 Å². The lowest BCUT2D eigenvalue weighted by molar-refractivity contribution is -0.126. The molecule has 2 heterocycles. The lowest BCUT2D eigenvalue weighted by atomic mass is 10.2. The van der Waals surface area contributed by atoms with Crippen LogP contribution in [0.3, 0.4) is 0 Å². The minimum atomic E-state index is -0.470. The molecule has 1 aromatic heterocycles. The number of benzene rings is 1. The summed E-state index contributed by atoms with van der Waals surface area (Å²) in [6.07, 6.45) is 1.74. The molecule has 0 bridgehead atoms. The highest BCUT2D eigenvalue weighted by Crippen LogP contribution is 2.25. The van der Waals surface area contributed by atoms with Gasteiger partial charge in [-0.3, -0.25) is 14.3 Å². The number of thioether (sulfide) groups is 1. The van der Waals surface area contributed by atoms with E-state index in [1.807, 2.05) is 35.8 Å². The molecule has 1 aromatic carbocycles. The number of carbonyl (C=O) groups is 2. The predicted octanol–water partition coefficient (Wildman–Crippen LogP) is 2.38. The van der Waals surface area contributed by atoms with E-state index in [-0.39, 0.29) is 18.5 Å². The van der Waals surface area contributed by atoms with Gasteiger partial charge in [0.2, 0.25) is 5.91 Å². The number of urea groups is 1. The molecule has 0 radical (unpaired) electrons. The first-order chi connectivity index (χ1) is 13.5. The van der Waals surface area contributed by atoms with E-state index in [1.165, 1.54) is 16.7 Å². The quantitative estimate of drug-likeness (QED) is 0.540. The fourth-order valence-electron chi connectivity index (χ4n) is 2.79. The van der Waals surface area contributed by atoms with Gasteiger partial charge in [0.1, 0.15) is 12.4 Å². The van der Waals surface area contributed by atoms with Gasteiger partial charge in [-0.1, -0.05) is 30.0 Å². The zero-order valence-corrected chi connectivity index (χ0v) is 16.7. The van der Waals surface area contributed by atoms with Crippen molar-refractivity contribution in [3.05, 3.63) is 48.3 Å². The van der Waals surface area contributed by atoms with Crippen LogP contribution in [0.2, 0.25) is 0 Å². The second-order valence-corrected chi connectivity index (χ2v) is 7.69. The maximum absolute atomic E-state index is 12.5. The number of hydrogen-bond acceptors (Lipinski definition) is 6. The number of rotatable bonds is 8. The number of aromatic nitrogens is 3. The van der Waals surface area contributed by atoms with E-state index in [0.717, 1.165) is 11.3 Å². The monoisotopic (exact) mass is 401 g/mol. The van der Waals surface area contributed by atoms with E-state index >= 15 is 0 Å². The SMILES string of the molecule is C=CCn1c(COc2cccc(C)c2)nnc1S[C@@H](C)C(=O)N1CCNC1=O. The van der Waals surface area contributed by atoms with E-state index in [1.54, 1.807) is 13.0 Å². The topological polar surface area (TPSA) is 89.3 Å². The van der Waals surface area contributed by atoms with E-state index < -0.39 is 5.25 Å². The number of nitrogens with zero attached hydrogens (tertiary/aromatic N) is 4. The molecule has 28 heavy (non-hydrogen) atoms. The summed E-state index contributed by atoms with van der Waals surface area (Å²) in [5, 5.41) is 11.2. The fraction of sp³-hybridized carbons (Fsp3) is 0.368. The molecule has 1 N–H and O–H groups in total. The molecule has 3 amide bonds. The normalized spacial score (nSPS) is 14.6. The van der Waals surface area contributed by atoms with Crippen molar-refractivity contribution in [1.29, 1.82) is 0 Å². The van der Waals surface area contributed by atoms with Crippen LogP contribution in [-0.4, -0.2) is 49.9 Å². The molecule has 9 heteroatoms. The van der Waals surface area contributed by atoms with Crippen LogP contribution in [0.4, 0.5) is 4.79 Å². The smallest absolute Gasteiger partial charge is 0.324 e. The number of imide groups is 1. The molecule has 8 nitrogen and oxygen atoms in total. The van der Waals surface area contributed by atoms with E-state index in [4.69, 9.17) is 4.74 Å². The van der Waals surface area contributed by atoms with Crippen molar-refractivity contribution in [3.8, 4) is 5.75 Å². The van der Waals surface area contributed by atoms with Gasteiger partial charge in [0.05, 0.1) is 5.25 Å². The third-order valence-electron chi connectivity index (χ3n) is 4.22. The van der Waals surface area contributed by atoms with Crippen molar-refractivity contribution in [2.24, 2.45) is 0 Å². The molecule has 1 aliphatic rings. The Labute approximate surface area is 168 Å².